The second-order valence-corrected chi connectivity index (χ2v) is 7.53. The van der Waals surface area contributed by atoms with Gasteiger partial charge < -0.3 is 18.8 Å². The number of fused-ring (bicyclic) bond motifs is 1. The fourth-order valence-electron chi connectivity index (χ4n) is 3.39. The summed E-state index contributed by atoms with van der Waals surface area (Å²) in [6.45, 7) is 7.89. The molecule has 0 saturated carbocycles. The van der Waals surface area contributed by atoms with Crippen molar-refractivity contribution in [2.24, 2.45) is 0 Å². The van der Waals surface area contributed by atoms with Crippen LogP contribution in [-0.2, 0) is 4.74 Å². The first-order valence-electron chi connectivity index (χ1n) is 8.74. The number of hydrogen-bond acceptors (Lipinski definition) is 5. The Morgan fingerprint density at radius 3 is 2.69 bits per heavy atom. The van der Waals surface area contributed by atoms with Crippen LogP contribution in [0.5, 0.6) is 11.5 Å². The summed E-state index contributed by atoms with van der Waals surface area (Å²) in [5, 5.41) is 0. The second kappa shape index (κ2) is 8.18. The molecule has 0 bridgehead atoms. The van der Waals surface area contributed by atoms with Gasteiger partial charge in [0.15, 0.2) is 17.3 Å². The molecule has 0 spiro atoms. The Bertz CT molecular complexity index is 799. The maximum Gasteiger partial charge on any atom is 0.174 e. The summed E-state index contributed by atoms with van der Waals surface area (Å²) in [7, 11) is 1.70. The molecule has 0 aliphatic carbocycles. The quantitative estimate of drug-likeness (QED) is 0.540. The molecule has 0 amide bonds. The van der Waals surface area contributed by atoms with Crippen molar-refractivity contribution in [3.63, 3.8) is 0 Å². The van der Waals surface area contributed by atoms with E-state index in [1.165, 1.54) is 11.8 Å². The van der Waals surface area contributed by atoms with Gasteiger partial charge in [0, 0.05) is 29.0 Å². The lowest BCUT2D eigenvalue weighted by atomic mass is 10.2. The van der Waals surface area contributed by atoms with Crippen LogP contribution in [0.1, 0.15) is 34.7 Å². The van der Waals surface area contributed by atoms with E-state index >= 15 is 0 Å². The predicted octanol–water partition coefficient (Wildman–Crippen LogP) is 4.06. The molecule has 26 heavy (non-hydrogen) atoms. The Morgan fingerprint density at radius 1 is 1.23 bits per heavy atom. The SMILES string of the molecule is COC[C@@H](C)n1c(C)cc(C(=O)CSc2ccc3c(c2)OCCO3)c1C. The van der Waals surface area contributed by atoms with Crippen LogP contribution in [0.4, 0.5) is 0 Å². The summed E-state index contributed by atoms with van der Waals surface area (Å²) < 4.78 is 18.6. The van der Waals surface area contributed by atoms with Gasteiger partial charge in [0.25, 0.3) is 0 Å². The molecule has 0 N–H and O–H groups in total. The highest BCUT2D eigenvalue weighted by atomic mass is 32.2. The lowest BCUT2D eigenvalue weighted by Crippen LogP contribution is -2.15. The number of benzene rings is 1. The van der Waals surface area contributed by atoms with Crippen LogP contribution >= 0.6 is 11.8 Å². The molecule has 0 fully saturated rings. The van der Waals surface area contributed by atoms with Crippen molar-refractivity contribution in [2.75, 3.05) is 32.7 Å². The van der Waals surface area contributed by atoms with Crippen molar-refractivity contribution in [1.29, 1.82) is 0 Å². The maximum atomic E-state index is 12.8. The number of ketones is 1. The first-order valence-corrected chi connectivity index (χ1v) is 9.72. The number of ether oxygens (including phenoxy) is 3. The molecule has 2 heterocycles. The number of Topliss-reactive ketones (excluding diaryl/α,β-unsaturated/α-hetero) is 1. The highest BCUT2D eigenvalue weighted by Gasteiger charge is 2.19. The Morgan fingerprint density at radius 2 is 1.96 bits per heavy atom. The smallest absolute Gasteiger partial charge is 0.174 e. The third kappa shape index (κ3) is 3.91. The first-order chi connectivity index (χ1) is 12.5. The first kappa shape index (κ1) is 18.9. The number of aromatic nitrogens is 1. The molecular weight excluding hydrogens is 350 g/mol. The van der Waals surface area contributed by atoms with Crippen LogP contribution in [0.15, 0.2) is 29.2 Å². The van der Waals surface area contributed by atoms with Crippen LogP contribution in [0.2, 0.25) is 0 Å². The average Bonchev–Trinajstić information content (AvgIpc) is 2.94. The minimum atomic E-state index is 0.133. The van der Waals surface area contributed by atoms with Crippen LogP contribution in [-0.4, -0.2) is 43.0 Å². The summed E-state index contributed by atoms with van der Waals surface area (Å²) in [4.78, 5) is 13.8. The molecule has 1 atom stereocenters. The van der Waals surface area contributed by atoms with Gasteiger partial charge in [-0.1, -0.05) is 0 Å². The van der Waals surface area contributed by atoms with Crippen molar-refractivity contribution < 1.29 is 19.0 Å². The van der Waals surface area contributed by atoms with Crippen LogP contribution in [0.3, 0.4) is 0 Å². The van der Waals surface area contributed by atoms with E-state index in [0.717, 1.165) is 33.3 Å². The molecule has 0 saturated heterocycles. The Labute approximate surface area is 158 Å². The summed E-state index contributed by atoms with van der Waals surface area (Å²) in [5.74, 6) is 2.04. The van der Waals surface area contributed by atoms with E-state index < -0.39 is 0 Å². The molecule has 1 aliphatic rings. The molecule has 1 aromatic carbocycles. The summed E-state index contributed by atoms with van der Waals surface area (Å²) in [6.07, 6.45) is 0. The Balaban J connectivity index is 1.70. The molecule has 6 heteroatoms. The minimum absolute atomic E-state index is 0.133. The lowest BCUT2D eigenvalue weighted by Gasteiger charge is -2.18. The molecule has 3 rings (SSSR count). The fraction of sp³-hybridized carbons (Fsp3) is 0.450. The topological polar surface area (TPSA) is 49.7 Å². The van der Waals surface area contributed by atoms with Gasteiger partial charge in [0.1, 0.15) is 13.2 Å². The van der Waals surface area contributed by atoms with Gasteiger partial charge in [-0.2, -0.15) is 0 Å². The van der Waals surface area contributed by atoms with E-state index in [4.69, 9.17) is 14.2 Å². The lowest BCUT2D eigenvalue weighted by molar-refractivity contribution is 0.102. The number of carbonyl (C=O) groups is 1. The Kier molecular flexibility index (Phi) is 5.94. The molecule has 2 aromatic rings. The second-order valence-electron chi connectivity index (χ2n) is 6.48. The van der Waals surface area contributed by atoms with Gasteiger partial charge >= 0.3 is 0 Å². The fourth-order valence-corrected chi connectivity index (χ4v) is 4.20. The van der Waals surface area contributed by atoms with E-state index in [9.17, 15) is 4.79 Å². The largest absolute Gasteiger partial charge is 0.486 e. The molecule has 1 aliphatic heterocycles. The van der Waals surface area contributed by atoms with Crippen LogP contribution in [0.25, 0.3) is 0 Å². The number of carbonyl (C=O) groups excluding carboxylic acids is 1. The number of aryl methyl sites for hydroxylation is 1. The number of hydrogen-bond donors (Lipinski definition) is 0. The minimum Gasteiger partial charge on any atom is -0.486 e. The van der Waals surface area contributed by atoms with Gasteiger partial charge in [0.2, 0.25) is 0 Å². The van der Waals surface area contributed by atoms with E-state index in [-0.39, 0.29) is 11.8 Å². The number of rotatable bonds is 7. The van der Waals surface area contributed by atoms with Crippen molar-refractivity contribution >= 4 is 17.5 Å². The highest BCUT2D eigenvalue weighted by Crippen LogP contribution is 2.34. The molecule has 1 aromatic heterocycles. The predicted molar refractivity (Wildman–Crippen MR) is 103 cm³/mol. The van der Waals surface area contributed by atoms with E-state index in [2.05, 4.69) is 11.5 Å². The van der Waals surface area contributed by atoms with Gasteiger partial charge in [-0.3, -0.25) is 4.79 Å². The van der Waals surface area contributed by atoms with E-state index in [1.54, 1.807) is 7.11 Å². The normalized spacial score (nSPS) is 14.3. The zero-order chi connectivity index (χ0) is 18.7. The van der Waals surface area contributed by atoms with Gasteiger partial charge in [-0.15, -0.1) is 11.8 Å². The standard InChI is InChI=1S/C20H25NO4S/c1-13-9-17(15(3)21(13)14(2)11-23-4)18(22)12-26-16-5-6-19-20(10-16)25-8-7-24-19/h5-6,9-10,14H,7-8,11-12H2,1-4H3/t14-/m1/s1. The van der Waals surface area contributed by atoms with Crippen molar-refractivity contribution in [3.05, 3.63) is 41.2 Å². The third-order valence-corrected chi connectivity index (χ3v) is 5.51. The zero-order valence-electron chi connectivity index (χ0n) is 15.7. The Hall–Kier alpha value is -1.92. The molecule has 140 valence electrons. The maximum absolute atomic E-state index is 12.8. The van der Waals surface area contributed by atoms with Crippen molar-refractivity contribution in [1.82, 2.24) is 4.57 Å². The van der Waals surface area contributed by atoms with E-state index in [0.29, 0.717) is 25.6 Å². The molecule has 5 nitrogen and oxygen atoms in total. The van der Waals surface area contributed by atoms with Gasteiger partial charge in [0.05, 0.1) is 18.4 Å². The number of methoxy groups -OCH3 is 1. The van der Waals surface area contributed by atoms with Crippen molar-refractivity contribution in [2.45, 2.75) is 31.7 Å². The van der Waals surface area contributed by atoms with Crippen LogP contribution in [0, 0.1) is 13.8 Å². The summed E-state index contributed by atoms with van der Waals surface area (Å²) >= 11 is 1.52. The number of nitrogens with zero attached hydrogens (tertiary/aromatic N) is 1. The summed E-state index contributed by atoms with van der Waals surface area (Å²) in [5.41, 5.74) is 2.87. The average molecular weight is 375 g/mol. The van der Waals surface area contributed by atoms with Gasteiger partial charge in [-0.25, -0.2) is 0 Å². The highest BCUT2D eigenvalue weighted by molar-refractivity contribution is 8.00. The molecule has 0 unspecified atom stereocenters. The van der Waals surface area contributed by atoms with Gasteiger partial charge in [-0.05, 0) is 45.0 Å². The molecule has 0 radical (unpaired) electrons. The van der Waals surface area contributed by atoms with Crippen LogP contribution < -0.4 is 9.47 Å². The van der Waals surface area contributed by atoms with Crippen molar-refractivity contribution in [3.8, 4) is 11.5 Å². The zero-order valence-corrected chi connectivity index (χ0v) is 16.5. The molecular formula is C20H25NO4S. The summed E-state index contributed by atoms with van der Waals surface area (Å²) in [6, 6.07) is 7.99. The van der Waals surface area contributed by atoms with E-state index in [1.807, 2.05) is 38.1 Å². The third-order valence-electron chi connectivity index (χ3n) is 4.52. The monoisotopic (exact) mass is 375 g/mol. The number of thioether (sulfide) groups is 1.